The fourth-order valence-electron chi connectivity index (χ4n) is 10.2. The van der Waals surface area contributed by atoms with Crippen molar-refractivity contribution >= 4 is 107 Å². The fraction of sp³-hybridized carbons (Fsp3) is 0.278. The van der Waals surface area contributed by atoms with E-state index in [4.69, 9.17) is 4.11 Å². The normalized spacial score (nSPS) is 19.2. The highest BCUT2D eigenvalue weighted by Gasteiger charge is 2.47. The van der Waals surface area contributed by atoms with Crippen LogP contribution in [0.25, 0.3) is 38.3 Å². The van der Waals surface area contributed by atoms with Crippen LogP contribution in [-0.4, -0.2) is 11.3 Å². The van der Waals surface area contributed by atoms with Gasteiger partial charge in [-0.25, -0.2) is 0 Å². The lowest BCUT2D eigenvalue weighted by Crippen LogP contribution is -2.62. The summed E-state index contributed by atoms with van der Waals surface area (Å²) in [6, 6.07) is -21.2. The minimum Gasteiger partial charge on any atom is -0.311 e. The Hall–Kier alpha value is -7.50. The van der Waals surface area contributed by atoms with Gasteiger partial charge in [0.05, 0.1) is 66.5 Å². The Morgan fingerprint density at radius 3 is 1.52 bits per heavy atom. The molecule has 0 saturated carbocycles. The zero-order valence-corrected chi connectivity index (χ0v) is 45.9. The molecule has 0 spiro atoms. The summed E-state index contributed by atoms with van der Waals surface area (Å²) in [6.45, 7) is 23.2. The Morgan fingerprint density at radius 1 is 0.377 bits per heavy atom. The number of fused-ring (bicyclic) bond motifs is 10. The maximum atomic E-state index is 11.2. The third-order valence-electron chi connectivity index (χ3n) is 14.4. The Balaban J connectivity index is 1.36. The predicted molar refractivity (Wildman–Crippen MR) is 334 cm³/mol. The minimum atomic E-state index is -1.99. The van der Waals surface area contributed by atoms with Crippen molar-refractivity contribution < 1.29 is 38.4 Å². The predicted octanol–water partition coefficient (Wildman–Crippen LogP) is 18.3. The standard InChI is InChI=1S/C72H73BN4/c1-68(2,3)46-24-30-51(31-25-46)74(52-32-26-47(27-33-52)69(4,5)6)54-34-35-57-61(43-54)75(53-29-23-44-19-16-17-20-45(44)37-53)62-40-50(72(13,14)15)41-63-65(62)73(57)58-21-18-22-60-67(58)77(63)64-42-49(71(10,11)12)39-56-55-38-48(70(7,8)9)28-36-59(55)76(60)66(56)64/h16-43H,1-15H3/i16D,17D,18D,19D,20D,21D,22D,23D,24D,25D,26D,27D,28D,29D,30D,31D,32D,33D,34D,35D,36D,37D,38D,39D,40D,41D,42D,43D. The van der Waals surface area contributed by atoms with E-state index in [0.717, 1.165) is 4.90 Å². The number of nitrogens with zero attached hydrogens (tertiary/aromatic N) is 4. The van der Waals surface area contributed by atoms with Crippen LogP contribution >= 0.6 is 0 Å². The monoisotopic (exact) mass is 1030 g/mol. The summed E-state index contributed by atoms with van der Waals surface area (Å²) in [4.78, 5) is 2.95. The van der Waals surface area contributed by atoms with Crippen LogP contribution in [0.3, 0.4) is 0 Å². The van der Waals surface area contributed by atoms with Gasteiger partial charge in [0.1, 0.15) is 0 Å². The molecule has 77 heavy (non-hydrogen) atoms. The smallest absolute Gasteiger partial charge is 0.252 e. The number of rotatable bonds is 4. The van der Waals surface area contributed by atoms with Crippen LogP contribution in [0.1, 0.15) is 170 Å². The first-order valence-electron chi connectivity index (χ1n) is 39.8. The SMILES string of the molecule is [2H]c1c([2H])c2c3c(c1[2H])-n1c4c([2H])c([2H])c(C(C)(C)C)c([2H])c4c4c([2H])c(C(C)(C)C)c([2H])c(c41)N3c1c([2H])c(C(C)(C)C)c([2H])c3c1B2c1c([2H])c([2H])c(N(c2c([2H])c([2H])c(C(C)(C)C)c([2H])c2[2H])c2c([2H])c([2H])c(C(C)(C)C)c([2H])c2[2H])c([2H])c1N3c1c([2H])c([2H])c2c([2H])c([2H])c([2H])c([2H])c2c1[2H]. The maximum Gasteiger partial charge on any atom is 0.252 e. The van der Waals surface area contributed by atoms with Crippen molar-refractivity contribution in [3.63, 3.8) is 0 Å². The number of anilines is 9. The van der Waals surface area contributed by atoms with E-state index < -0.39 is 241 Å². The third-order valence-corrected chi connectivity index (χ3v) is 14.4. The van der Waals surface area contributed by atoms with Crippen molar-refractivity contribution in [3.05, 3.63) is 197 Å². The largest absolute Gasteiger partial charge is 0.311 e. The first-order chi connectivity index (χ1) is 48.1. The van der Waals surface area contributed by atoms with E-state index in [2.05, 4.69) is 0 Å². The molecule has 3 aliphatic heterocycles. The molecule has 0 fully saturated rings. The molecule has 0 bridgehead atoms. The summed E-state index contributed by atoms with van der Waals surface area (Å²) in [7, 11) is 0. The van der Waals surface area contributed by atoms with Crippen LogP contribution in [0.5, 0.6) is 0 Å². The zero-order chi connectivity index (χ0) is 78.4. The lowest BCUT2D eigenvalue weighted by atomic mass is 9.33. The van der Waals surface area contributed by atoms with Gasteiger partial charge in [0.25, 0.3) is 6.71 Å². The number of para-hydroxylation sites is 1. The first kappa shape index (κ1) is 27.2. The molecule has 1 aromatic heterocycles. The number of benzene rings is 9. The Bertz CT molecular complexity index is 5630. The van der Waals surface area contributed by atoms with Gasteiger partial charge in [-0.3, -0.25) is 0 Å². The van der Waals surface area contributed by atoms with E-state index in [-0.39, 0.29) is 95.4 Å². The molecular formula is C72H73BN4. The second-order valence-electron chi connectivity index (χ2n) is 25.3. The van der Waals surface area contributed by atoms with Crippen molar-refractivity contribution in [1.82, 2.24) is 4.57 Å². The zero-order valence-electron chi connectivity index (χ0n) is 73.9. The Kier molecular flexibility index (Phi) is 5.83. The second-order valence-corrected chi connectivity index (χ2v) is 25.3. The molecule has 0 amide bonds. The van der Waals surface area contributed by atoms with E-state index in [1.54, 1.807) is 104 Å². The van der Waals surface area contributed by atoms with Crippen molar-refractivity contribution in [1.29, 1.82) is 0 Å². The van der Waals surface area contributed by atoms with Gasteiger partial charge in [0.2, 0.25) is 0 Å². The summed E-state index contributed by atoms with van der Waals surface area (Å²) in [5.74, 6) is 0. The molecule has 0 N–H and O–H groups in total. The lowest BCUT2D eigenvalue weighted by molar-refractivity contribution is 0.590. The van der Waals surface area contributed by atoms with Gasteiger partial charge < -0.3 is 19.3 Å². The van der Waals surface area contributed by atoms with E-state index >= 15 is 0 Å². The quantitative estimate of drug-likeness (QED) is 0.163. The molecule has 9 aromatic carbocycles. The van der Waals surface area contributed by atoms with Gasteiger partial charge in [-0.2, -0.15) is 0 Å². The first-order valence-corrected chi connectivity index (χ1v) is 25.8. The van der Waals surface area contributed by atoms with Gasteiger partial charge in [-0.05, 0) is 173 Å². The maximum absolute atomic E-state index is 11.2. The average molecular weight is 1030 g/mol. The second kappa shape index (κ2) is 16.5. The van der Waals surface area contributed by atoms with E-state index in [1.165, 1.54) is 9.47 Å². The summed E-state index contributed by atoms with van der Waals surface area (Å²) < 4.78 is 282. The average Bonchev–Trinajstić information content (AvgIpc) is 1.65. The van der Waals surface area contributed by atoms with Gasteiger partial charge in [-0.15, -0.1) is 0 Å². The van der Waals surface area contributed by atoms with E-state index in [9.17, 15) is 34.3 Å². The Morgan fingerprint density at radius 2 is 0.909 bits per heavy atom. The highest BCUT2D eigenvalue weighted by Crippen LogP contribution is 2.55. The van der Waals surface area contributed by atoms with Gasteiger partial charge in [-0.1, -0.05) is 182 Å². The van der Waals surface area contributed by atoms with Gasteiger partial charge >= 0.3 is 0 Å². The highest BCUT2D eigenvalue weighted by molar-refractivity contribution is 7.00. The molecule has 0 saturated heterocycles. The highest BCUT2D eigenvalue weighted by atomic mass is 15.2. The van der Waals surface area contributed by atoms with Crippen molar-refractivity contribution in [2.75, 3.05) is 14.7 Å². The fourth-order valence-corrected chi connectivity index (χ4v) is 10.2. The molecule has 384 valence electrons. The molecule has 0 aliphatic carbocycles. The molecule has 5 heteroatoms. The lowest BCUT2D eigenvalue weighted by Gasteiger charge is -2.47. The van der Waals surface area contributed by atoms with Crippen LogP contribution in [0, 0.1) is 0 Å². The van der Waals surface area contributed by atoms with Gasteiger partial charge in [0, 0.05) is 50.6 Å². The minimum absolute atomic E-state index is 0.0325. The van der Waals surface area contributed by atoms with E-state index in [0.29, 0.717) is 4.90 Å². The van der Waals surface area contributed by atoms with Crippen LogP contribution in [0.4, 0.5) is 51.2 Å². The molecule has 0 atom stereocenters. The van der Waals surface area contributed by atoms with Crippen LogP contribution in [0.2, 0.25) is 0 Å². The molecule has 0 unspecified atom stereocenters. The summed E-state index contributed by atoms with van der Waals surface area (Å²) in [5.41, 5.74) is -13.7. The molecule has 13 rings (SSSR count). The van der Waals surface area contributed by atoms with Crippen LogP contribution in [-0.2, 0) is 27.1 Å². The summed E-state index contributed by atoms with van der Waals surface area (Å²) >= 11 is 0. The molecule has 10 aromatic rings. The molecular weight excluding hydrogens is 932 g/mol. The van der Waals surface area contributed by atoms with Crippen molar-refractivity contribution in [2.24, 2.45) is 0 Å². The van der Waals surface area contributed by atoms with E-state index in [1.807, 2.05) is 0 Å². The number of hydrogen-bond donors (Lipinski definition) is 0. The number of aromatic nitrogens is 1. The van der Waals surface area contributed by atoms with Crippen LogP contribution in [0.15, 0.2) is 169 Å². The molecule has 4 nitrogen and oxygen atoms in total. The molecule has 0 radical (unpaired) electrons. The summed E-state index contributed by atoms with van der Waals surface area (Å²) in [6.07, 6.45) is 0. The number of hydrogen-bond acceptors (Lipinski definition) is 3. The van der Waals surface area contributed by atoms with Crippen molar-refractivity contribution in [3.8, 4) is 5.69 Å². The van der Waals surface area contributed by atoms with Crippen molar-refractivity contribution in [2.45, 2.75) is 131 Å². The Labute approximate surface area is 497 Å². The van der Waals surface area contributed by atoms with Gasteiger partial charge in [0.15, 0.2) is 0 Å². The van der Waals surface area contributed by atoms with Crippen LogP contribution < -0.4 is 31.1 Å². The molecule has 3 aliphatic rings. The molecule has 4 heterocycles. The summed E-state index contributed by atoms with van der Waals surface area (Å²) in [5, 5.41) is -1.36. The third kappa shape index (κ3) is 7.69. The topological polar surface area (TPSA) is 14.7 Å².